The van der Waals surface area contributed by atoms with Gasteiger partial charge in [-0.15, -0.1) is 0 Å². The van der Waals surface area contributed by atoms with Crippen molar-refractivity contribution in [3.63, 3.8) is 0 Å². The van der Waals surface area contributed by atoms with Crippen LogP contribution < -0.4 is 5.73 Å². The molecular formula is C15H20N2OS. The average molecular weight is 276 g/mol. The third kappa shape index (κ3) is 3.32. The SMILES string of the molecule is CC1CCCCCN1C(=O)c1ccc(C(N)=S)cc1. The number of benzene rings is 1. The van der Waals surface area contributed by atoms with E-state index >= 15 is 0 Å². The smallest absolute Gasteiger partial charge is 0.254 e. The van der Waals surface area contributed by atoms with Gasteiger partial charge in [0, 0.05) is 23.7 Å². The molecule has 0 bridgehead atoms. The second-order valence-corrected chi connectivity index (χ2v) is 5.58. The standard InChI is InChI=1S/C15H20N2OS/c1-11-5-3-2-4-10-17(11)15(18)13-8-6-12(7-9-13)14(16)19/h6-9,11H,2-5,10H2,1H3,(H2,16,19). The van der Waals surface area contributed by atoms with Crippen LogP contribution in [-0.4, -0.2) is 28.4 Å². The van der Waals surface area contributed by atoms with E-state index in [1.165, 1.54) is 12.8 Å². The van der Waals surface area contributed by atoms with Gasteiger partial charge in [0.05, 0.1) is 0 Å². The highest BCUT2D eigenvalue weighted by molar-refractivity contribution is 7.80. The second-order valence-electron chi connectivity index (χ2n) is 5.14. The fraction of sp³-hybridized carbons (Fsp3) is 0.467. The van der Waals surface area contributed by atoms with Crippen molar-refractivity contribution in [3.8, 4) is 0 Å². The third-order valence-corrected chi connectivity index (χ3v) is 3.97. The molecule has 0 saturated carbocycles. The molecule has 0 spiro atoms. The zero-order valence-corrected chi connectivity index (χ0v) is 12.1. The Bertz CT molecular complexity index is 470. The van der Waals surface area contributed by atoms with Crippen LogP contribution in [0, 0.1) is 0 Å². The molecule has 2 N–H and O–H groups in total. The summed E-state index contributed by atoms with van der Waals surface area (Å²) in [6.45, 7) is 2.99. The lowest BCUT2D eigenvalue weighted by atomic mass is 10.1. The van der Waals surface area contributed by atoms with Gasteiger partial charge in [-0.25, -0.2) is 0 Å². The molecule has 4 heteroatoms. The number of carbonyl (C=O) groups excluding carboxylic acids is 1. The molecule has 1 fully saturated rings. The van der Waals surface area contributed by atoms with Gasteiger partial charge in [-0.05, 0) is 31.9 Å². The van der Waals surface area contributed by atoms with Crippen molar-refractivity contribution in [2.75, 3.05) is 6.54 Å². The molecule has 0 aliphatic carbocycles. The molecular weight excluding hydrogens is 256 g/mol. The summed E-state index contributed by atoms with van der Waals surface area (Å²) in [6, 6.07) is 7.59. The summed E-state index contributed by atoms with van der Waals surface area (Å²) in [5, 5.41) is 0. The Labute approximate surface area is 119 Å². The molecule has 1 heterocycles. The normalized spacial score (nSPS) is 19.8. The first kappa shape index (κ1) is 14.0. The lowest BCUT2D eigenvalue weighted by molar-refractivity contribution is 0.0698. The van der Waals surface area contributed by atoms with Crippen LogP contribution in [0.3, 0.4) is 0 Å². The van der Waals surface area contributed by atoms with Gasteiger partial charge in [-0.3, -0.25) is 4.79 Å². The Morgan fingerprint density at radius 1 is 1.21 bits per heavy atom. The number of nitrogens with two attached hydrogens (primary N) is 1. The van der Waals surface area contributed by atoms with Gasteiger partial charge in [0.1, 0.15) is 4.99 Å². The number of hydrogen-bond acceptors (Lipinski definition) is 2. The number of amides is 1. The van der Waals surface area contributed by atoms with E-state index in [1.54, 1.807) is 0 Å². The molecule has 0 radical (unpaired) electrons. The monoisotopic (exact) mass is 276 g/mol. The molecule has 1 aromatic carbocycles. The Morgan fingerprint density at radius 3 is 2.47 bits per heavy atom. The number of rotatable bonds is 2. The predicted octanol–water partition coefficient (Wildman–Crippen LogP) is 2.73. The summed E-state index contributed by atoms with van der Waals surface area (Å²) in [7, 11) is 0. The maximum absolute atomic E-state index is 12.5. The van der Waals surface area contributed by atoms with Crippen LogP contribution in [0.15, 0.2) is 24.3 Å². The lowest BCUT2D eigenvalue weighted by Gasteiger charge is -2.27. The highest BCUT2D eigenvalue weighted by atomic mass is 32.1. The largest absolute Gasteiger partial charge is 0.389 e. The van der Waals surface area contributed by atoms with Crippen LogP contribution in [0.5, 0.6) is 0 Å². The van der Waals surface area contributed by atoms with E-state index in [2.05, 4.69) is 6.92 Å². The molecule has 1 atom stereocenters. The Balaban J connectivity index is 2.15. The molecule has 1 aromatic rings. The lowest BCUT2D eigenvalue weighted by Crippen LogP contribution is -2.38. The van der Waals surface area contributed by atoms with E-state index in [0.717, 1.165) is 24.9 Å². The molecule has 19 heavy (non-hydrogen) atoms. The minimum Gasteiger partial charge on any atom is -0.389 e. The maximum atomic E-state index is 12.5. The highest BCUT2D eigenvalue weighted by Crippen LogP contribution is 2.19. The molecule has 0 aromatic heterocycles. The van der Waals surface area contributed by atoms with Gasteiger partial charge in [0.2, 0.25) is 0 Å². The summed E-state index contributed by atoms with van der Waals surface area (Å²) in [5.41, 5.74) is 7.08. The zero-order valence-electron chi connectivity index (χ0n) is 11.3. The summed E-state index contributed by atoms with van der Waals surface area (Å²) < 4.78 is 0. The topological polar surface area (TPSA) is 46.3 Å². The molecule has 2 rings (SSSR count). The van der Waals surface area contributed by atoms with Crippen molar-refractivity contribution in [1.82, 2.24) is 4.90 Å². The summed E-state index contributed by atoms with van der Waals surface area (Å²) >= 11 is 4.92. The van der Waals surface area contributed by atoms with Gasteiger partial charge in [-0.1, -0.05) is 37.2 Å². The van der Waals surface area contributed by atoms with E-state index in [-0.39, 0.29) is 5.91 Å². The third-order valence-electron chi connectivity index (χ3n) is 3.73. The summed E-state index contributed by atoms with van der Waals surface area (Å²) in [4.78, 5) is 14.9. The van der Waals surface area contributed by atoms with Gasteiger partial charge in [0.15, 0.2) is 0 Å². The summed E-state index contributed by atoms with van der Waals surface area (Å²) in [6.07, 6.45) is 4.62. The number of nitrogens with zero attached hydrogens (tertiary/aromatic N) is 1. The van der Waals surface area contributed by atoms with Crippen LogP contribution in [0.25, 0.3) is 0 Å². The quantitative estimate of drug-likeness (QED) is 0.845. The number of carbonyl (C=O) groups is 1. The average Bonchev–Trinajstić information content (AvgIpc) is 2.63. The number of likely N-dealkylation sites (tertiary alicyclic amines) is 1. The van der Waals surface area contributed by atoms with Gasteiger partial charge in [0.25, 0.3) is 5.91 Å². The zero-order chi connectivity index (χ0) is 13.8. The molecule has 1 aliphatic heterocycles. The molecule has 1 aliphatic rings. The number of thiocarbonyl (C=S) groups is 1. The van der Waals surface area contributed by atoms with E-state index in [1.807, 2.05) is 29.2 Å². The van der Waals surface area contributed by atoms with Crippen LogP contribution in [0.4, 0.5) is 0 Å². The minimum absolute atomic E-state index is 0.115. The van der Waals surface area contributed by atoms with E-state index < -0.39 is 0 Å². The first-order chi connectivity index (χ1) is 9.09. The van der Waals surface area contributed by atoms with Crippen molar-refractivity contribution in [1.29, 1.82) is 0 Å². The Hall–Kier alpha value is -1.42. The molecule has 1 saturated heterocycles. The van der Waals surface area contributed by atoms with E-state index in [4.69, 9.17) is 18.0 Å². The first-order valence-electron chi connectivity index (χ1n) is 6.80. The fourth-order valence-electron chi connectivity index (χ4n) is 2.52. The Kier molecular flexibility index (Phi) is 4.53. The molecule has 1 unspecified atom stereocenters. The van der Waals surface area contributed by atoms with Gasteiger partial charge < -0.3 is 10.6 Å². The maximum Gasteiger partial charge on any atom is 0.254 e. The first-order valence-corrected chi connectivity index (χ1v) is 7.21. The van der Waals surface area contributed by atoms with Crippen LogP contribution in [0.1, 0.15) is 48.5 Å². The summed E-state index contributed by atoms with van der Waals surface area (Å²) in [5.74, 6) is 0.115. The molecule has 1 amide bonds. The highest BCUT2D eigenvalue weighted by Gasteiger charge is 2.22. The molecule has 3 nitrogen and oxygen atoms in total. The van der Waals surface area contributed by atoms with Crippen LogP contribution >= 0.6 is 12.2 Å². The Morgan fingerprint density at radius 2 is 1.84 bits per heavy atom. The minimum atomic E-state index is 0.115. The van der Waals surface area contributed by atoms with Crippen molar-refractivity contribution in [2.24, 2.45) is 5.73 Å². The van der Waals surface area contributed by atoms with Crippen molar-refractivity contribution in [2.45, 2.75) is 38.6 Å². The van der Waals surface area contributed by atoms with E-state index in [0.29, 0.717) is 16.6 Å². The molecule has 102 valence electrons. The van der Waals surface area contributed by atoms with Crippen LogP contribution in [-0.2, 0) is 0 Å². The fourth-order valence-corrected chi connectivity index (χ4v) is 2.66. The van der Waals surface area contributed by atoms with Gasteiger partial charge in [-0.2, -0.15) is 0 Å². The van der Waals surface area contributed by atoms with Crippen molar-refractivity contribution in [3.05, 3.63) is 35.4 Å². The van der Waals surface area contributed by atoms with E-state index in [9.17, 15) is 4.79 Å². The van der Waals surface area contributed by atoms with Crippen molar-refractivity contribution >= 4 is 23.1 Å². The van der Waals surface area contributed by atoms with Crippen molar-refractivity contribution < 1.29 is 4.79 Å². The number of hydrogen-bond donors (Lipinski definition) is 1. The van der Waals surface area contributed by atoms with Crippen LogP contribution in [0.2, 0.25) is 0 Å². The van der Waals surface area contributed by atoms with Gasteiger partial charge >= 0.3 is 0 Å². The second kappa shape index (κ2) is 6.15. The predicted molar refractivity (Wildman–Crippen MR) is 81.3 cm³/mol.